The van der Waals surface area contributed by atoms with Gasteiger partial charge in [-0.15, -0.1) is 0 Å². The lowest BCUT2D eigenvalue weighted by atomic mass is 10.00. The lowest BCUT2D eigenvalue weighted by molar-refractivity contribution is -0.00595. The Hall–Kier alpha value is -3.63. The van der Waals surface area contributed by atoms with Crippen molar-refractivity contribution in [2.45, 2.75) is 25.7 Å². The second-order valence-electron chi connectivity index (χ2n) is 9.14. The number of carbonyl (C=O) groups excluding carboxylic acids is 1. The van der Waals surface area contributed by atoms with Gasteiger partial charge < -0.3 is 24.8 Å². The van der Waals surface area contributed by atoms with Crippen LogP contribution in [0, 0.1) is 6.92 Å². The number of fused-ring (bicyclic) bond motifs is 1. The minimum atomic E-state index is -2.94. The minimum absolute atomic E-state index is 0.120. The molecule has 1 aromatic carbocycles. The molecular weight excluding hydrogens is 482 g/mol. The molecule has 10 heteroatoms. The molecule has 0 unspecified atom stereocenters. The van der Waals surface area contributed by atoms with Crippen LogP contribution in [-0.4, -0.2) is 60.5 Å². The number of alkyl halides is 2. The molecule has 37 heavy (non-hydrogen) atoms. The number of aliphatic hydroxyl groups excluding tert-OH is 1. The summed E-state index contributed by atoms with van der Waals surface area (Å²) < 4.78 is 38.9. The number of nitrogens with one attached hydrogen (secondary N) is 1. The standard InChI is InChI=1S/C27H28F2N4O4/c1-17-2-3-21(31-26(35)20-12-18-4-5-27(28,29)25(18)30-16-20)15-22(17)19-13-23(33-6-9-36-10-7-33)32-24(14-19)37-11-8-34/h2-3,12-16,34H,4-11H2,1H3,(H,31,35). The van der Waals surface area contributed by atoms with Gasteiger partial charge in [0.05, 0.1) is 25.4 Å². The van der Waals surface area contributed by atoms with Gasteiger partial charge in [-0.3, -0.25) is 9.78 Å². The largest absolute Gasteiger partial charge is 0.475 e. The van der Waals surface area contributed by atoms with E-state index in [2.05, 4.69) is 20.2 Å². The average molecular weight is 511 g/mol. The number of ether oxygens (including phenoxy) is 2. The lowest BCUT2D eigenvalue weighted by Crippen LogP contribution is -2.36. The first-order valence-corrected chi connectivity index (χ1v) is 12.2. The Bertz CT molecular complexity index is 1310. The van der Waals surface area contributed by atoms with Crippen molar-refractivity contribution in [3.63, 3.8) is 0 Å². The van der Waals surface area contributed by atoms with Crippen molar-refractivity contribution in [2.75, 3.05) is 49.7 Å². The number of aryl methyl sites for hydroxylation is 2. The van der Waals surface area contributed by atoms with Crippen LogP contribution in [-0.2, 0) is 17.1 Å². The maximum Gasteiger partial charge on any atom is 0.290 e. The highest BCUT2D eigenvalue weighted by molar-refractivity contribution is 6.04. The molecule has 1 aliphatic heterocycles. The number of aromatic nitrogens is 2. The number of hydrogen-bond acceptors (Lipinski definition) is 7. The van der Waals surface area contributed by atoms with Crippen LogP contribution in [0.25, 0.3) is 11.1 Å². The second-order valence-corrected chi connectivity index (χ2v) is 9.14. The van der Waals surface area contributed by atoms with Gasteiger partial charge in [-0.2, -0.15) is 13.8 Å². The van der Waals surface area contributed by atoms with E-state index in [0.717, 1.165) is 22.5 Å². The fraction of sp³-hybridized carbons (Fsp3) is 0.370. The number of hydrogen-bond donors (Lipinski definition) is 2. The van der Waals surface area contributed by atoms with E-state index in [1.807, 2.05) is 25.1 Å². The third-order valence-electron chi connectivity index (χ3n) is 6.55. The van der Waals surface area contributed by atoms with Crippen LogP contribution in [0.2, 0.25) is 0 Å². The number of aliphatic hydroxyl groups is 1. The third kappa shape index (κ3) is 5.40. The summed E-state index contributed by atoms with van der Waals surface area (Å²) in [5.41, 5.74) is 3.65. The summed E-state index contributed by atoms with van der Waals surface area (Å²) in [6.45, 7) is 4.57. The van der Waals surface area contributed by atoms with Crippen molar-refractivity contribution in [1.29, 1.82) is 0 Å². The van der Waals surface area contributed by atoms with E-state index < -0.39 is 11.8 Å². The first kappa shape index (κ1) is 25.0. The number of rotatable bonds is 7. The van der Waals surface area contributed by atoms with Gasteiger partial charge in [-0.1, -0.05) is 6.07 Å². The number of amides is 1. The van der Waals surface area contributed by atoms with Crippen LogP contribution in [0.4, 0.5) is 20.3 Å². The summed E-state index contributed by atoms with van der Waals surface area (Å²) in [7, 11) is 0. The summed E-state index contributed by atoms with van der Waals surface area (Å²) in [5.74, 6) is -2.23. The summed E-state index contributed by atoms with van der Waals surface area (Å²) in [5, 5.41) is 12.1. The molecule has 3 aromatic rings. The molecule has 0 radical (unpaired) electrons. The van der Waals surface area contributed by atoms with Crippen LogP contribution in [0.15, 0.2) is 42.6 Å². The quantitative estimate of drug-likeness (QED) is 0.497. The van der Waals surface area contributed by atoms with Gasteiger partial charge in [0.25, 0.3) is 11.8 Å². The molecule has 2 N–H and O–H groups in total. The zero-order valence-corrected chi connectivity index (χ0v) is 20.5. The van der Waals surface area contributed by atoms with Crippen molar-refractivity contribution in [3.8, 4) is 17.0 Å². The first-order chi connectivity index (χ1) is 17.8. The predicted molar refractivity (Wildman–Crippen MR) is 134 cm³/mol. The van der Waals surface area contributed by atoms with E-state index in [1.165, 1.54) is 12.3 Å². The van der Waals surface area contributed by atoms with Gasteiger partial charge >= 0.3 is 0 Å². The number of carbonyl (C=O) groups is 1. The normalized spacial score (nSPS) is 16.4. The van der Waals surface area contributed by atoms with E-state index in [0.29, 0.717) is 43.4 Å². The second kappa shape index (κ2) is 10.4. The number of anilines is 2. The highest BCUT2D eigenvalue weighted by atomic mass is 19.3. The number of nitrogens with zero attached hydrogens (tertiary/aromatic N) is 3. The predicted octanol–water partition coefficient (Wildman–Crippen LogP) is 3.95. The van der Waals surface area contributed by atoms with Crippen LogP contribution in [0.3, 0.4) is 0 Å². The van der Waals surface area contributed by atoms with Crippen molar-refractivity contribution < 1.29 is 28.2 Å². The Labute approximate surface area is 213 Å². The van der Waals surface area contributed by atoms with Crippen molar-refractivity contribution in [2.24, 2.45) is 0 Å². The lowest BCUT2D eigenvalue weighted by Gasteiger charge is -2.28. The van der Waals surface area contributed by atoms with Crippen LogP contribution in [0.5, 0.6) is 5.88 Å². The molecule has 2 aromatic heterocycles. The molecule has 0 saturated carbocycles. The minimum Gasteiger partial charge on any atom is -0.475 e. The van der Waals surface area contributed by atoms with Gasteiger partial charge in [-0.25, -0.2) is 0 Å². The van der Waals surface area contributed by atoms with Gasteiger partial charge in [0.2, 0.25) is 5.88 Å². The van der Waals surface area contributed by atoms with E-state index in [-0.39, 0.29) is 37.3 Å². The molecule has 1 fully saturated rings. The topological polar surface area (TPSA) is 96.8 Å². The first-order valence-electron chi connectivity index (χ1n) is 12.2. The molecular formula is C27H28F2N4O4. The molecule has 0 bridgehead atoms. The Morgan fingerprint density at radius 1 is 1.22 bits per heavy atom. The number of pyridine rings is 2. The SMILES string of the molecule is Cc1ccc(NC(=O)c2cnc3c(c2)CCC3(F)F)cc1-c1cc(OCCO)nc(N2CCOCC2)c1. The van der Waals surface area contributed by atoms with Gasteiger partial charge in [0.1, 0.15) is 18.1 Å². The maximum absolute atomic E-state index is 13.9. The molecule has 5 rings (SSSR count). The Morgan fingerprint density at radius 3 is 2.81 bits per heavy atom. The molecule has 1 saturated heterocycles. The summed E-state index contributed by atoms with van der Waals surface area (Å²) >= 11 is 0. The van der Waals surface area contributed by atoms with Crippen LogP contribution >= 0.6 is 0 Å². The van der Waals surface area contributed by atoms with Gasteiger partial charge in [0.15, 0.2) is 0 Å². The summed E-state index contributed by atoms with van der Waals surface area (Å²) in [6.07, 6.45) is 1.11. The number of halogens is 2. The molecule has 194 valence electrons. The average Bonchev–Trinajstić information content (AvgIpc) is 3.22. The molecule has 0 spiro atoms. The van der Waals surface area contributed by atoms with Crippen molar-refractivity contribution in [3.05, 3.63) is 65.0 Å². The van der Waals surface area contributed by atoms with Crippen molar-refractivity contribution >= 4 is 17.4 Å². The summed E-state index contributed by atoms with van der Waals surface area (Å²) in [4.78, 5) is 23.5. The third-order valence-corrected chi connectivity index (χ3v) is 6.55. The highest BCUT2D eigenvalue weighted by Crippen LogP contribution is 2.40. The van der Waals surface area contributed by atoms with Gasteiger partial charge in [0, 0.05) is 37.5 Å². The zero-order chi connectivity index (χ0) is 26.0. The van der Waals surface area contributed by atoms with Crippen molar-refractivity contribution in [1.82, 2.24) is 9.97 Å². The van der Waals surface area contributed by atoms with E-state index in [1.54, 1.807) is 12.1 Å². The smallest absolute Gasteiger partial charge is 0.290 e. The Balaban J connectivity index is 1.42. The van der Waals surface area contributed by atoms with Crippen LogP contribution < -0.4 is 15.0 Å². The molecule has 3 heterocycles. The Morgan fingerprint density at radius 2 is 2.03 bits per heavy atom. The maximum atomic E-state index is 13.9. The van der Waals surface area contributed by atoms with Gasteiger partial charge in [-0.05, 0) is 59.9 Å². The highest BCUT2D eigenvalue weighted by Gasteiger charge is 2.41. The van der Waals surface area contributed by atoms with E-state index in [9.17, 15) is 18.7 Å². The molecule has 1 amide bonds. The van der Waals surface area contributed by atoms with Crippen LogP contribution in [0.1, 0.15) is 33.6 Å². The zero-order valence-electron chi connectivity index (χ0n) is 20.5. The van der Waals surface area contributed by atoms with E-state index in [4.69, 9.17) is 9.47 Å². The Kier molecular flexibility index (Phi) is 7.03. The van der Waals surface area contributed by atoms with E-state index >= 15 is 0 Å². The number of morpholine rings is 1. The molecule has 1 aliphatic carbocycles. The molecule has 0 atom stereocenters. The summed E-state index contributed by atoms with van der Waals surface area (Å²) in [6, 6.07) is 10.8. The monoisotopic (exact) mass is 510 g/mol. The fourth-order valence-electron chi connectivity index (χ4n) is 4.60. The molecule has 2 aliphatic rings. The fourth-order valence-corrected chi connectivity index (χ4v) is 4.60. The number of benzene rings is 1. The molecule has 8 nitrogen and oxygen atoms in total.